The number of hydrogen-bond acceptors (Lipinski definition) is 9. The molecule has 0 amide bonds. The first-order chi connectivity index (χ1) is 24.8. The summed E-state index contributed by atoms with van der Waals surface area (Å²) in [5.74, 6) is 5.31. The second-order valence-electron chi connectivity index (χ2n) is 12.5. The molecule has 0 aliphatic rings. The van der Waals surface area contributed by atoms with E-state index in [0.29, 0.717) is 30.9 Å². The molecule has 5 aromatic rings. The summed E-state index contributed by atoms with van der Waals surface area (Å²) in [6, 6.07) is 32.5. The molecule has 0 radical (unpaired) electrons. The summed E-state index contributed by atoms with van der Waals surface area (Å²) in [6.07, 6.45) is 3.68. The average molecular weight is 688 g/mol. The Hall–Kier alpha value is -5.57. The number of rotatable bonds is 19. The molecule has 1 aromatic heterocycles. The molecule has 9 heteroatoms. The molecule has 0 saturated carbocycles. The van der Waals surface area contributed by atoms with Crippen molar-refractivity contribution >= 4 is 17.5 Å². The zero-order chi connectivity index (χ0) is 36.0. The number of benzene rings is 4. The Morgan fingerprint density at radius 3 is 1.16 bits per heavy atom. The molecule has 9 nitrogen and oxygen atoms in total. The van der Waals surface area contributed by atoms with Gasteiger partial charge >= 0.3 is 0 Å². The number of hydrogen-bond donors (Lipinski definition) is 0. The van der Waals surface area contributed by atoms with E-state index < -0.39 is 0 Å². The molecule has 0 N–H and O–H groups in total. The van der Waals surface area contributed by atoms with Gasteiger partial charge in [0.2, 0.25) is 11.9 Å². The number of aromatic nitrogens is 3. The average Bonchev–Trinajstić information content (AvgIpc) is 3.17. The van der Waals surface area contributed by atoms with Crippen LogP contribution in [0, 0.1) is 0 Å². The van der Waals surface area contributed by atoms with Crippen LogP contribution >= 0.6 is 0 Å². The van der Waals surface area contributed by atoms with Gasteiger partial charge in [-0.1, -0.05) is 55.1 Å². The third-order valence-corrected chi connectivity index (χ3v) is 8.54. The normalized spacial score (nSPS) is 10.8. The topological polar surface area (TPSA) is 82.1 Å². The van der Waals surface area contributed by atoms with Gasteiger partial charge in [0, 0.05) is 27.2 Å². The number of anilines is 2. The maximum atomic E-state index is 6.02. The van der Waals surface area contributed by atoms with E-state index in [1.165, 1.54) is 0 Å². The number of methoxy groups -OCH3 is 2. The van der Waals surface area contributed by atoms with Gasteiger partial charge in [-0.25, -0.2) is 0 Å². The summed E-state index contributed by atoms with van der Waals surface area (Å²) in [4.78, 5) is 18.3. The number of unbranched alkanes of at least 4 members (excludes halogenated alkanes) is 2. The van der Waals surface area contributed by atoms with E-state index in [0.717, 1.165) is 89.6 Å². The van der Waals surface area contributed by atoms with Crippen LogP contribution in [0.1, 0.15) is 38.4 Å². The number of nitrogens with zero attached hydrogens (tertiary/aromatic N) is 5. The van der Waals surface area contributed by atoms with Gasteiger partial charge in [0.15, 0.2) is 5.82 Å². The molecule has 0 unspecified atom stereocenters. The highest BCUT2D eigenvalue weighted by atomic mass is 16.5. The van der Waals surface area contributed by atoms with Crippen LogP contribution in [0.5, 0.6) is 23.0 Å². The molecule has 0 spiro atoms. The molecule has 0 bridgehead atoms. The van der Waals surface area contributed by atoms with Crippen molar-refractivity contribution in [1.82, 2.24) is 15.0 Å². The Kier molecular flexibility index (Phi) is 13.3. The van der Waals surface area contributed by atoms with Crippen molar-refractivity contribution in [3.05, 3.63) is 109 Å². The Morgan fingerprint density at radius 2 is 0.843 bits per heavy atom. The summed E-state index contributed by atoms with van der Waals surface area (Å²) >= 11 is 0. The van der Waals surface area contributed by atoms with Crippen molar-refractivity contribution < 1.29 is 18.9 Å². The van der Waals surface area contributed by atoms with Crippen molar-refractivity contribution in [3.63, 3.8) is 0 Å². The zero-order valence-corrected chi connectivity index (χ0v) is 30.5. The molecule has 266 valence electrons. The lowest BCUT2D eigenvalue weighted by Gasteiger charge is -2.22. The second kappa shape index (κ2) is 18.4. The van der Waals surface area contributed by atoms with E-state index in [1.807, 2.05) is 69.6 Å². The summed E-state index contributed by atoms with van der Waals surface area (Å²) in [7, 11) is 7.38. The van der Waals surface area contributed by atoms with Crippen LogP contribution in [0.3, 0.4) is 0 Å². The highest BCUT2D eigenvalue weighted by Crippen LogP contribution is 2.26. The van der Waals surface area contributed by atoms with Crippen LogP contribution in [-0.4, -0.2) is 69.6 Å². The van der Waals surface area contributed by atoms with Crippen LogP contribution in [0.2, 0.25) is 0 Å². The van der Waals surface area contributed by atoms with E-state index in [4.69, 9.17) is 33.9 Å². The fraction of sp³-hybridized carbons (Fsp3) is 0.310. The Balaban J connectivity index is 1.03. The van der Waals surface area contributed by atoms with Crippen LogP contribution in [0.25, 0.3) is 27.8 Å². The Bertz CT molecular complexity index is 1690. The van der Waals surface area contributed by atoms with Crippen LogP contribution < -0.4 is 28.7 Å². The van der Waals surface area contributed by atoms with Crippen molar-refractivity contribution in [2.45, 2.75) is 32.6 Å². The van der Waals surface area contributed by atoms with E-state index in [1.54, 1.807) is 14.2 Å². The SMILES string of the molecule is C=C(C)c1nc(N(C)CCCCOc2ccc(-c3ccc(OC)cc3)cc2)nc(N(C)CCCCOc2ccc(-c3ccc(OC)cc3)cc2)n1. The summed E-state index contributed by atoms with van der Waals surface area (Å²) in [5, 5.41) is 0. The lowest BCUT2D eigenvalue weighted by atomic mass is 10.1. The first kappa shape index (κ1) is 36.7. The van der Waals surface area contributed by atoms with Gasteiger partial charge in [-0.3, -0.25) is 0 Å². The predicted molar refractivity (Wildman–Crippen MR) is 207 cm³/mol. The molecular weight excluding hydrogens is 638 g/mol. The lowest BCUT2D eigenvalue weighted by molar-refractivity contribution is 0.307. The standard InChI is InChI=1S/C42H49N5O4/c1-31(2)40-43-41(46(3)27-7-9-29-50-38-23-15-34(16-24-38)32-11-19-36(48-5)20-12-32)45-42(44-40)47(4)28-8-10-30-51-39-25-17-35(18-26-39)33-13-21-37(49-6)22-14-33/h11-26H,1,7-10,27-30H2,2-6H3. The van der Waals surface area contributed by atoms with E-state index in [9.17, 15) is 0 Å². The summed E-state index contributed by atoms with van der Waals surface area (Å²) in [6.45, 7) is 8.86. The van der Waals surface area contributed by atoms with Crippen molar-refractivity contribution in [1.29, 1.82) is 0 Å². The zero-order valence-electron chi connectivity index (χ0n) is 30.5. The summed E-state index contributed by atoms with van der Waals surface area (Å²) < 4.78 is 22.6. The third-order valence-electron chi connectivity index (χ3n) is 8.54. The van der Waals surface area contributed by atoms with Gasteiger partial charge in [0.05, 0.1) is 27.4 Å². The van der Waals surface area contributed by atoms with Gasteiger partial charge in [0.25, 0.3) is 0 Å². The highest BCUT2D eigenvalue weighted by molar-refractivity contribution is 5.66. The molecule has 0 aliphatic carbocycles. The summed E-state index contributed by atoms with van der Waals surface area (Å²) in [5.41, 5.74) is 5.37. The van der Waals surface area contributed by atoms with E-state index in [2.05, 4.69) is 64.9 Å². The van der Waals surface area contributed by atoms with Gasteiger partial charge in [-0.15, -0.1) is 0 Å². The van der Waals surface area contributed by atoms with Crippen molar-refractivity contribution in [2.24, 2.45) is 0 Å². The molecule has 1 heterocycles. The third kappa shape index (κ3) is 10.7. The molecule has 4 aromatic carbocycles. The van der Waals surface area contributed by atoms with Gasteiger partial charge < -0.3 is 28.7 Å². The van der Waals surface area contributed by atoms with Crippen LogP contribution in [0.15, 0.2) is 104 Å². The molecule has 51 heavy (non-hydrogen) atoms. The van der Waals surface area contributed by atoms with Crippen molar-refractivity contribution in [2.75, 3.05) is 64.4 Å². The van der Waals surface area contributed by atoms with Gasteiger partial charge in [-0.2, -0.15) is 15.0 Å². The first-order valence-corrected chi connectivity index (χ1v) is 17.4. The molecule has 0 saturated heterocycles. The number of allylic oxidation sites excluding steroid dienone is 1. The Morgan fingerprint density at radius 1 is 0.510 bits per heavy atom. The number of ether oxygens (including phenoxy) is 4. The molecule has 0 atom stereocenters. The largest absolute Gasteiger partial charge is 0.497 e. The first-order valence-electron chi connectivity index (χ1n) is 17.4. The fourth-order valence-corrected chi connectivity index (χ4v) is 5.42. The Labute approximate surface area is 302 Å². The lowest BCUT2D eigenvalue weighted by Crippen LogP contribution is -2.26. The maximum Gasteiger partial charge on any atom is 0.230 e. The predicted octanol–water partition coefficient (Wildman–Crippen LogP) is 8.85. The molecule has 0 fully saturated rings. The monoisotopic (exact) mass is 687 g/mol. The van der Waals surface area contributed by atoms with Crippen LogP contribution in [0.4, 0.5) is 11.9 Å². The quantitative estimate of drug-likeness (QED) is 0.0791. The van der Waals surface area contributed by atoms with Crippen molar-refractivity contribution in [3.8, 4) is 45.3 Å². The smallest absolute Gasteiger partial charge is 0.230 e. The van der Waals surface area contributed by atoms with Gasteiger partial charge in [-0.05, 0) is 109 Å². The highest BCUT2D eigenvalue weighted by Gasteiger charge is 2.14. The minimum absolute atomic E-state index is 0.608. The van der Waals surface area contributed by atoms with Crippen LogP contribution in [-0.2, 0) is 0 Å². The fourth-order valence-electron chi connectivity index (χ4n) is 5.42. The molecule has 0 aliphatic heterocycles. The minimum Gasteiger partial charge on any atom is -0.497 e. The second-order valence-corrected chi connectivity index (χ2v) is 12.5. The molecular formula is C42H49N5O4. The van der Waals surface area contributed by atoms with Gasteiger partial charge in [0.1, 0.15) is 23.0 Å². The molecule has 5 rings (SSSR count). The van der Waals surface area contributed by atoms with E-state index >= 15 is 0 Å². The maximum absolute atomic E-state index is 6.02. The minimum atomic E-state index is 0.608. The van der Waals surface area contributed by atoms with E-state index in [-0.39, 0.29) is 0 Å².